The van der Waals surface area contributed by atoms with Crippen molar-refractivity contribution in [2.45, 2.75) is 10.6 Å². The molecule has 0 heterocycles. The number of fused-ring (bicyclic) bond motifs is 1. The molecule has 11 heteroatoms. The molecule has 23 heavy (non-hydrogen) atoms. The van der Waals surface area contributed by atoms with Crippen molar-refractivity contribution in [3.05, 3.63) is 42.0 Å². The number of nitrogens with two attached hydrogens (primary N) is 1. The van der Waals surface area contributed by atoms with E-state index in [0.717, 1.165) is 6.07 Å². The number of nitrogens with one attached hydrogen (secondary N) is 1. The summed E-state index contributed by atoms with van der Waals surface area (Å²) in [6, 6.07) is 7.67. The SMILES string of the molecule is NC(=O)NOS(=O)(=O)Cc1c(S(=O)(=O)O)ccc2ccccc12. The van der Waals surface area contributed by atoms with Crippen LogP contribution in [0.3, 0.4) is 0 Å². The van der Waals surface area contributed by atoms with Gasteiger partial charge in [-0.2, -0.15) is 22.3 Å². The molecule has 124 valence electrons. The van der Waals surface area contributed by atoms with E-state index in [1.165, 1.54) is 17.6 Å². The lowest BCUT2D eigenvalue weighted by Gasteiger charge is -2.11. The third kappa shape index (κ3) is 4.16. The van der Waals surface area contributed by atoms with Crippen LogP contribution in [0.4, 0.5) is 4.79 Å². The summed E-state index contributed by atoms with van der Waals surface area (Å²) >= 11 is 0. The van der Waals surface area contributed by atoms with Crippen LogP contribution in [0.25, 0.3) is 10.8 Å². The predicted molar refractivity (Wildman–Crippen MR) is 80.2 cm³/mol. The maximum Gasteiger partial charge on any atom is 0.337 e. The van der Waals surface area contributed by atoms with Gasteiger partial charge in [0.25, 0.3) is 20.2 Å². The van der Waals surface area contributed by atoms with Crippen LogP contribution in [0.5, 0.6) is 0 Å². The van der Waals surface area contributed by atoms with E-state index in [1.54, 1.807) is 18.2 Å². The Morgan fingerprint density at radius 2 is 1.78 bits per heavy atom. The number of hydroxylamine groups is 1. The number of carbonyl (C=O) groups excluding carboxylic acids is 1. The zero-order chi connectivity index (χ0) is 17.3. The second-order valence-corrected chi connectivity index (χ2v) is 7.45. The first-order valence-corrected chi connectivity index (χ1v) is 9.06. The van der Waals surface area contributed by atoms with E-state index >= 15 is 0 Å². The van der Waals surface area contributed by atoms with Gasteiger partial charge in [-0.05, 0) is 22.4 Å². The van der Waals surface area contributed by atoms with Crippen LogP contribution in [-0.2, 0) is 30.3 Å². The predicted octanol–water partition coefficient (Wildman–Crippen LogP) is 0.516. The van der Waals surface area contributed by atoms with Crippen LogP contribution >= 0.6 is 0 Å². The highest BCUT2D eigenvalue weighted by Crippen LogP contribution is 2.27. The number of urea groups is 1. The average molecular weight is 360 g/mol. The largest absolute Gasteiger partial charge is 0.350 e. The zero-order valence-corrected chi connectivity index (χ0v) is 13.1. The zero-order valence-electron chi connectivity index (χ0n) is 11.5. The monoisotopic (exact) mass is 360 g/mol. The van der Waals surface area contributed by atoms with Crippen LogP contribution in [0.2, 0.25) is 0 Å². The standard InChI is InChI=1S/C12H12N2O7S2/c13-12(15)14-21-22(16,17)7-10-9-4-2-1-3-8(9)5-6-11(10)23(18,19)20/h1-6H,7H2,(H3,13,14,15)(H,18,19,20). The highest BCUT2D eigenvalue weighted by Gasteiger charge is 2.24. The molecule has 2 amide bonds. The van der Waals surface area contributed by atoms with Crippen LogP contribution in [0.1, 0.15) is 5.56 Å². The molecule has 2 aromatic rings. The van der Waals surface area contributed by atoms with Gasteiger partial charge in [-0.3, -0.25) is 4.55 Å². The molecule has 0 unspecified atom stereocenters. The molecule has 0 saturated heterocycles. The first-order chi connectivity index (χ1) is 10.6. The van der Waals surface area contributed by atoms with Crippen LogP contribution < -0.4 is 11.2 Å². The number of rotatable bonds is 5. The Hall–Kier alpha value is -2.21. The van der Waals surface area contributed by atoms with Gasteiger partial charge in [0.15, 0.2) is 0 Å². The molecule has 9 nitrogen and oxygen atoms in total. The summed E-state index contributed by atoms with van der Waals surface area (Å²) in [5.41, 5.74) is 5.98. The summed E-state index contributed by atoms with van der Waals surface area (Å²) in [6.45, 7) is 0. The molecule has 0 spiro atoms. The summed E-state index contributed by atoms with van der Waals surface area (Å²) in [5, 5.41) is 0.863. The van der Waals surface area contributed by atoms with E-state index in [2.05, 4.69) is 4.28 Å². The smallest absolute Gasteiger partial charge is 0.337 e. The lowest BCUT2D eigenvalue weighted by molar-refractivity contribution is 0.189. The van der Waals surface area contributed by atoms with Crippen LogP contribution in [0, 0.1) is 0 Å². The van der Waals surface area contributed by atoms with Crippen LogP contribution in [0.15, 0.2) is 41.3 Å². The van der Waals surface area contributed by atoms with Gasteiger partial charge in [0.1, 0.15) is 5.75 Å². The summed E-state index contributed by atoms with van der Waals surface area (Å²) < 4.78 is 60.1. The minimum Gasteiger partial charge on any atom is -0.350 e. The average Bonchev–Trinajstić information content (AvgIpc) is 2.44. The first kappa shape index (κ1) is 17.1. The molecule has 0 fully saturated rings. The van der Waals surface area contributed by atoms with E-state index in [4.69, 9.17) is 5.73 Å². The van der Waals surface area contributed by atoms with Gasteiger partial charge >= 0.3 is 6.03 Å². The van der Waals surface area contributed by atoms with Crippen molar-refractivity contribution in [2.24, 2.45) is 5.73 Å². The molecular weight excluding hydrogens is 348 g/mol. The Morgan fingerprint density at radius 1 is 1.13 bits per heavy atom. The minimum absolute atomic E-state index is 0.183. The second kappa shape index (κ2) is 6.12. The number of hydrogen-bond donors (Lipinski definition) is 3. The van der Waals surface area contributed by atoms with Gasteiger partial charge in [0.05, 0.1) is 4.90 Å². The van der Waals surface area contributed by atoms with Gasteiger partial charge in [-0.15, -0.1) is 4.28 Å². The van der Waals surface area contributed by atoms with Crippen molar-refractivity contribution in [2.75, 3.05) is 0 Å². The Bertz CT molecular complexity index is 968. The quantitative estimate of drug-likeness (QED) is 0.519. The number of hydrogen-bond acceptors (Lipinski definition) is 6. The molecule has 0 aliphatic carbocycles. The van der Waals surface area contributed by atoms with Crippen molar-refractivity contribution >= 4 is 37.0 Å². The topological polar surface area (TPSA) is 153 Å². The van der Waals surface area contributed by atoms with Gasteiger partial charge in [-0.1, -0.05) is 30.3 Å². The third-order valence-electron chi connectivity index (χ3n) is 2.87. The van der Waals surface area contributed by atoms with E-state index in [1.807, 2.05) is 0 Å². The van der Waals surface area contributed by atoms with Crippen molar-refractivity contribution in [1.29, 1.82) is 0 Å². The maximum atomic E-state index is 11.9. The van der Waals surface area contributed by atoms with E-state index < -0.39 is 36.9 Å². The van der Waals surface area contributed by atoms with Crippen molar-refractivity contribution in [3.8, 4) is 0 Å². The lowest BCUT2D eigenvalue weighted by atomic mass is 10.1. The normalized spacial score (nSPS) is 12.2. The summed E-state index contributed by atoms with van der Waals surface area (Å²) in [5.74, 6) is -0.899. The van der Waals surface area contributed by atoms with E-state index in [9.17, 15) is 26.2 Å². The van der Waals surface area contributed by atoms with E-state index in [-0.39, 0.29) is 5.56 Å². The molecule has 0 bridgehead atoms. The Morgan fingerprint density at radius 3 is 2.39 bits per heavy atom. The Balaban J connectivity index is 2.59. The molecular formula is C12H12N2O7S2. The Labute approximate surface area is 131 Å². The number of carbonyl (C=O) groups is 1. The molecule has 2 aromatic carbocycles. The third-order valence-corrected chi connectivity index (χ3v) is 4.78. The molecule has 0 radical (unpaired) electrons. The van der Waals surface area contributed by atoms with Gasteiger partial charge in [0.2, 0.25) is 0 Å². The Kier molecular flexibility index (Phi) is 4.56. The van der Waals surface area contributed by atoms with E-state index in [0.29, 0.717) is 10.8 Å². The fourth-order valence-corrected chi connectivity index (χ4v) is 3.77. The highest BCUT2D eigenvalue weighted by atomic mass is 32.2. The molecule has 0 atom stereocenters. The van der Waals surface area contributed by atoms with Gasteiger partial charge in [-0.25, -0.2) is 4.79 Å². The van der Waals surface area contributed by atoms with Crippen molar-refractivity contribution in [3.63, 3.8) is 0 Å². The lowest BCUT2D eigenvalue weighted by Crippen LogP contribution is -2.32. The van der Waals surface area contributed by atoms with Gasteiger partial charge in [0, 0.05) is 0 Å². The second-order valence-electron chi connectivity index (χ2n) is 4.49. The number of primary amides is 1. The van der Waals surface area contributed by atoms with Crippen LogP contribution in [-0.4, -0.2) is 27.4 Å². The van der Waals surface area contributed by atoms with Crippen molar-refractivity contribution in [1.82, 2.24) is 5.48 Å². The molecule has 2 rings (SSSR count). The molecule has 0 saturated carbocycles. The number of amides is 2. The molecule has 0 aliphatic heterocycles. The number of benzene rings is 2. The van der Waals surface area contributed by atoms with Gasteiger partial charge < -0.3 is 5.73 Å². The summed E-state index contributed by atoms with van der Waals surface area (Å²) in [7, 11) is -9.05. The molecule has 0 aromatic heterocycles. The molecule has 4 N–H and O–H groups in total. The fraction of sp³-hybridized carbons (Fsp3) is 0.0833. The van der Waals surface area contributed by atoms with Crippen molar-refractivity contribution < 1.29 is 30.5 Å². The fourth-order valence-electron chi connectivity index (χ4n) is 2.02. The minimum atomic E-state index is -4.66. The summed E-state index contributed by atoms with van der Waals surface area (Å²) in [4.78, 5) is 9.96. The first-order valence-electron chi connectivity index (χ1n) is 6.05. The summed E-state index contributed by atoms with van der Waals surface area (Å²) in [6.07, 6.45) is 0. The molecule has 0 aliphatic rings. The highest BCUT2D eigenvalue weighted by molar-refractivity contribution is 7.86. The maximum absolute atomic E-state index is 11.9.